The summed E-state index contributed by atoms with van der Waals surface area (Å²) in [7, 11) is 0. The molecule has 200 valence electrons. The van der Waals surface area contributed by atoms with Gasteiger partial charge < -0.3 is 23.7 Å². The predicted octanol–water partition coefficient (Wildman–Crippen LogP) is 2.02. The minimum Gasteiger partial charge on any atom is -0.463 e. The number of carbonyl (C=O) groups is 5. The normalized spacial score (nSPS) is 24.5. The Labute approximate surface area is 218 Å². The zero-order chi connectivity index (χ0) is 27.4. The molecule has 0 spiro atoms. The second-order valence-corrected chi connectivity index (χ2v) is 8.81. The van der Waals surface area contributed by atoms with Crippen LogP contribution in [0.1, 0.15) is 47.1 Å². The summed E-state index contributed by atoms with van der Waals surface area (Å²) < 4.78 is 28.3. The first-order valence-electron chi connectivity index (χ1n) is 11.9. The Hall–Kier alpha value is -4.09. The van der Waals surface area contributed by atoms with Crippen LogP contribution in [0.2, 0.25) is 0 Å². The van der Waals surface area contributed by atoms with Crippen LogP contribution >= 0.6 is 0 Å². The maximum atomic E-state index is 13.5. The van der Waals surface area contributed by atoms with Crippen LogP contribution < -0.4 is 0 Å². The molecule has 11 nitrogen and oxygen atoms in total. The summed E-state index contributed by atoms with van der Waals surface area (Å²) in [4.78, 5) is 63.7. The van der Waals surface area contributed by atoms with Crippen molar-refractivity contribution in [2.45, 2.75) is 58.0 Å². The third-order valence-electron chi connectivity index (χ3n) is 6.05. The van der Waals surface area contributed by atoms with Gasteiger partial charge in [-0.2, -0.15) is 0 Å². The van der Waals surface area contributed by atoms with Crippen LogP contribution in [0.5, 0.6) is 0 Å². The van der Waals surface area contributed by atoms with Crippen molar-refractivity contribution in [1.29, 1.82) is 0 Å². The molecule has 2 heterocycles. The number of nitrogens with zero attached hydrogens (tertiary/aromatic N) is 1. The van der Waals surface area contributed by atoms with Crippen LogP contribution in [0.3, 0.4) is 0 Å². The molecule has 0 aliphatic carbocycles. The summed E-state index contributed by atoms with van der Waals surface area (Å²) in [6, 6.07) is 14.0. The summed E-state index contributed by atoms with van der Waals surface area (Å²) in [6.45, 7) is 3.11. The van der Waals surface area contributed by atoms with E-state index in [4.69, 9.17) is 23.7 Å². The summed E-state index contributed by atoms with van der Waals surface area (Å²) >= 11 is 0. The topological polar surface area (TPSA) is 135 Å². The molecule has 0 saturated carbocycles. The lowest BCUT2D eigenvalue weighted by molar-refractivity contribution is -0.288. The Morgan fingerprint density at radius 2 is 1.34 bits per heavy atom. The lowest BCUT2D eigenvalue weighted by Crippen LogP contribution is -2.67. The van der Waals surface area contributed by atoms with E-state index >= 15 is 0 Å². The van der Waals surface area contributed by atoms with Crippen molar-refractivity contribution in [3.05, 3.63) is 71.3 Å². The monoisotopic (exact) mass is 525 g/mol. The first-order chi connectivity index (χ1) is 18.2. The smallest absolute Gasteiger partial charge is 0.303 e. The molecule has 0 aromatic heterocycles. The number of imide groups is 1. The molecule has 5 unspecified atom stereocenters. The highest BCUT2D eigenvalue weighted by molar-refractivity contribution is 6.21. The van der Waals surface area contributed by atoms with Crippen LogP contribution in [-0.4, -0.2) is 71.9 Å². The van der Waals surface area contributed by atoms with Gasteiger partial charge in [0.1, 0.15) is 18.8 Å². The molecule has 0 radical (unpaired) electrons. The van der Waals surface area contributed by atoms with Crippen molar-refractivity contribution in [1.82, 2.24) is 4.90 Å². The van der Waals surface area contributed by atoms with E-state index in [2.05, 4.69) is 0 Å². The number of fused-ring (bicyclic) bond motifs is 1. The molecule has 1 saturated heterocycles. The predicted molar refractivity (Wildman–Crippen MR) is 128 cm³/mol. The van der Waals surface area contributed by atoms with E-state index in [0.717, 1.165) is 24.3 Å². The number of hydrogen-bond donors (Lipinski definition) is 0. The van der Waals surface area contributed by atoms with Gasteiger partial charge in [0.05, 0.1) is 17.7 Å². The molecule has 0 bridgehead atoms. The molecule has 11 heteroatoms. The van der Waals surface area contributed by atoms with Crippen molar-refractivity contribution in [3.63, 3.8) is 0 Å². The van der Waals surface area contributed by atoms with Gasteiger partial charge in [0, 0.05) is 20.8 Å². The largest absolute Gasteiger partial charge is 0.463 e. The van der Waals surface area contributed by atoms with E-state index in [1.165, 1.54) is 19.1 Å². The van der Waals surface area contributed by atoms with Gasteiger partial charge in [-0.3, -0.25) is 28.9 Å². The van der Waals surface area contributed by atoms with Gasteiger partial charge in [-0.25, -0.2) is 0 Å². The van der Waals surface area contributed by atoms with Crippen LogP contribution in [-0.2, 0) is 44.7 Å². The third-order valence-corrected chi connectivity index (χ3v) is 6.05. The van der Waals surface area contributed by atoms with Gasteiger partial charge in [-0.15, -0.1) is 0 Å². The van der Waals surface area contributed by atoms with E-state index < -0.39 is 60.4 Å². The van der Waals surface area contributed by atoms with E-state index in [0.29, 0.717) is 0 Å². The summed E-state index contributed by atoms with van der Waals surface area (Å²) in [5, 5.41) is 0. The molecule has 2 aliphatic rings. The molecule has 2 aromatic rings. The Kier molecular flexibility index (Phi) is 8.18. The standard InChI is InChI=1S/C27H27NO10/c1-15(29)34-14-21-23(36-16(2)30)24(37-17(3)31)22(27(38-21)35-13-18-9-5-4-6-10-18)28-25(32)19-11-7-8-12-20(19)26(28)33/h4-12,21-24,27H,13-14H2,1-3H3. The van der Waals surface area contributed by atoms with Crippen LogP contribution in [0.25, 0.3) is 0 Å². The van der Waals surface area contributed by atoms with Crippen molar-refractivity contribution in [3.8, 4) is 0 Å². The van der Waals surface area contributed by atoms with E-state index in [1.807, 2.05) is 18.2 Å². The van der Waals surface area contributed by atoms with Crippen LogP contribution in [0.4, 0.5) is 0 Å². The van der Waals surface area contributed by atoms with E-state index in [-0.39, 0.29) is 24.3 Å². The van der Waals surface area contributed by atoms with Gasteiger partial charge in [-0.05, 0) is 17.7 Å². The van der Waals surface area contributed by atoms with Crippen molar-refractivity contribution in [2.24, 2.45) is 0 Å². The van der Waals surface area contributed by atoms with Crippen molar-refractivity contribution in [2.75, 3.05) is 6.61 Å². The van der Waals surface area contributed by atoms with Crippen molar-refractivity contribution >= 4 is 29.7 Å². The number of hydrogen-bond acceptors (Lipinski definition) is 10. The minimum absolute atomic E-state index is 0.0104. The maximum absolute atomic E-state index is 13.5. The molecule has 2 aliphatic heterocycles. The van der Waals surface area contributed by atoms with Crippen LogP contribution in [0, 0.1) is 0 Å². The fourth-order valence-corrected chi connectivity index (χ4v) is 4.53. The molecule has 2 aromatic carbocycles. The van der Waals surface area contributed by atoms with Gasteiger partial charge in [0.2, 0.25) is 0 Å². The maximum Gasteiger partial charge on any atom is 0.303 e. The van der Waals surface area contributed by atoms with E-state index in [9.17, 15) is 24.0 Å². The highest BCUT2D eigenvalue weighted by Gasteiger charge is 2.57. The Bertz CT molecular complexity index is 1190. The Morgan fingerprint density at radius 3 is 1.89 bits per heavy atom. The molecular weight excluding hydrogens is 498 g/mol. The van der Waals surface area contributed by atoms with Gasteiger partial charge in [-0.1, -0.05) is 42.5 Å². The van der Waals surface area contributed by atoms with E-state index in [1.54, 1.807) is 24.3 Å². The highest BCUT2D eigenvalue weighted by Crippen LogP contribution is 2.35. The molecule has 38 heavy (non-hydrogen) atoms. The first-order valence-corrected chi connectivity index (χ1v) is 11.9. The molecule has 0 N–H and O–H groups in total. The second kappa shape index (κ2) is 11.5. The fourth-order valence-electron chi connectivity index (χ4n) is 4.53. The lowest BCUT2D eigenvalue weighted by Gasteiger charge is -2.47. The number of esters is 3. The second-order valence-electron chi connectivity index (χ2n) is 8.81. The number of carbonyl (C=O) groups excluding carboxylic acids is 5. The fraction of sp³-hybridized carbons (Fsp3) is 0.370. The van der Waals surface area contributed by atoms with Crippen molar-refractivity contribution < 1.29 is 47.7 Å². The number of ether oxygens (including phenoxy) is 5. The minimum atomic E-state index is -1.39. The molecule has 1 fully saturated rings. The SMILES string of the molecule is CC(=O)OCC1OC(OCc2ccccc2)C(N2C(=O)c3ccccc3C2=O)C(OC(C)=O)C1OC(C)=O. The number of amides is 2. The molecule has 5 atom stereocenters. The Morgan fingerprint density at radius 1 is 0.789 bits per heavy atom. The molecule has 2 amide bonds. The van der Waals surface area contributed by atoms with Gasteiger partial charge in [0.15, 0.2) is 18.5 Å². The van der Waals surface area contributed by atoms with Crippen LogP contribution in [0.15, 0.2) is 54.6 Å². The molecular formula is C27H27NO10. The lowest BCUT2D eigenvalue weighted by atomic mass is 9.94. The summed E-state index contributed by atoms with van der Waals surface area (Å²) in [5.74, 6) is -3.42. The zero-order valence-corrected chi connectivity index (χ0v) is 21.0. The van der Waals surface area contributed by atoms with Gasteiger partial charge in [0.25, 0.3) is 11.8 Å². The number of rotatable bonds is 8. The summed E-state index contributed by atoms with van der Waals surface area (Å²) in [6.07, 6.45) is -5.20. The third kappa shape index (κ3) is 5.74. The zero-order valence-electron chi connectivity index (χ0n) is 21.0. The number of benzene rings is 2. The Balaban J connectivity index is 1.77. The quantitative estimate of drug-likeness (QED) is 0.286. The van der Waals surface area contributed by atoms with Gasteiger partial charge >= 0.3 is 17.9 Å². The first kappa shape index (κ1) is 27.0. The molecule has 4 rings (SSSR count). The average Bonchev–Trinajstić information content (AvgIpc) is 3.13. The average molecular weight is 526 g/mol. The highest BCUT2D eigenvalue weighted by atomic mass is 16.7. The summed E-state index contributed by atoms with van der Waals surface area (Å²) in [5.41, 5.74) is 1.08.